The highest BCUT2D eigenvalue weighted by molar-refractivity contribution is 7.99. The lowest BCUT2D eigenvalue weighted by molar-refractivity contribution is -0.143. The average molecular weight is 470 g/mol. The van der Waals surface area contributed by atoms with Crippen LogP contribution in [0.5, 0.6) is 0 Å². The Labute approximate surface area is 186 Å². The number of allylic oxidation sites excluding steroid dienone is 1. The number of hydrogen-bond donors (Lipinski definition) is 1. The molecule has 0 bridgehead atoms. The summed E-state index contributed by atoms with van der Waals surface area (Å²) >= 11 is 6.46. The van der Waals surface area contributed by atoms with Crippen LogP contribution in [-0.4, -0.2) is 30.8 Å². The van der Waals surface area contributed by atoms with Crippen LogP contribution in [0.25, 0.3) is 0 Å². The van der Waals surface area contributed by atoms with Crippen molar-refractivity contribution in [1.82, 2.24) is 5.32 Å². The molecule has 9 heteroatoms. The second-order valence-electron chi connectivity index (χ2n) is 6.91. The largest absolute Gasteiger partial charge is 0.469 e. The monoisotopic (exact) mass is 469 g/mol. The van der Waals surface area contributed by atoms with E-state index in [1.807, 2.05) is 0 Å². The van der Waals surface area contributed by atoms with E-state index in [-0.39, 0.29) is 21.4 Å². The molecule has 4 nitrogen and oxygen atoms in total. The quantitative estimate of drug-likeness (QED) is 0.334. The van der Waals surface area contributed by atoms with Crippen molar-refractivity contribution in [2.75, 3.05) is 7.11 Å². The number of thioether (sulfide) groups is 1. The number of halogens is 4. The van der Waals surface area contributed by atoms with Crippen LogP contribution in [0.1, 0.15) is 28.3 Å². The SMILES string of the molecule is COC(=O)[C@H](c1ccc(F)cc1Cl)[C@@H]1C=C[C@@H](NC(=O)c2ccccc2SC(F)F)C1. The van der Waals surface area contributed by atoms with E-state index in [1.165, 1.54) is 31.4 Å². The van der Waals surface area contributed by atoms with Gasteiger partial charge < -0.3 is 10.1 Å². The summed E-state index contributed by atoms with van der Waals surface area (Å²) in [5, 5.41) is 2.90. The molecule has 1 aliphatic carbocycles. The second kappa shape index (κ2) is 10.2. The van der Waals surface area contributed by atoms with E-state index in [0.717, 1.165) is 6.07 Å². The maximum absolute atomic E-state index is 13.4. The van der Waals surface area contributed by atoms with E-state index >= 15 is 0 Å². The van der Waals surface area contributed by atoms with Crippen molar-refractivity contribution in [3.63, 3.8) is 0 Å². The zero-order valence-corrected chi connectivity index (χ0v) is 17.9. The number of nitrogens with one attached hydrogen (secondary N) is 1. The molecule has 2 aromatic rings. The second-order valence-corrected chi connectivity index (χ2v) is 8.34. The zero-order chi connectivity index (χ0) is 22.5. The summed E-state index contributed by atoms with van der Waals surface area (Å²) in [6.45, 7) is 0. The van der Waals surface area contributed by atoms with Gasteiger partial charge in [0.05, 0.1) is 18.6 Å². The lowest BCUT2D eigenvalue weighted by Gasteiger charge is -2.23. The van der Waals surface area contributed by atoms with Gasteiger partial charge in [0.25, 0.3) is 11.7 Å². The van der Waals surface area contributed by atoms with Gasteiger partial charge in [-0.25, -0.2) is 4.39 Å². The van der Waals surface area contributed by atoms with Gasteiger partial charge >= 0.3 is 5.97 Å². The summed E-state index contributed by atoms with van der Waals surface area (Å²) in [5.74, 6) is -5.33. The molecular formula is C22H19ClF3NO3S. The highest BCUT2D eigenvalue weighted by atomic mass is 35.5. The summed E-state index contributed by atoms with van der Waals surface area (Å²) in [6.07, 6.45) is 3.87. The Balaban J connectivity index is 1.75. The summed E-state index contributed by atoms with van der Waals surface area (Å²) in [4.78, 5) is 25.3. The van der Waals surface area contributed by atoms with Crippen molar-refractivity contribution in [2.45, 2.75) is 29.0 Å². The maximum atomic E-state index is 13.4. The van der Waals surface area contributed by atoms with Gasteiger partial charge in [-0.2, -0.15) is 8.78 Å². The van der Waals surface area contributed by atoms with Gasteiger partial charge in [-0.1, -0.05) is 53.7 Å². The Bertz CT molecular complexity index is 1000. The van der Waals surface area contributed by atoms with Crippen molar-refractivity contribution in [1.29, 1.82) is 0 Å². The van der Waals surface area contributed by atoms with Crippen LogP contribution < -0.4 is 5.32 Å². The molecule has 31 heavy (non-hydrogen) atoms. The van der Waals surface area contributed by atoms with Crippen molar-refractivity contribution < 1.29 is 27.5 Å². The van der Waals surface area contributed by atoms with Crippen LogP contribution in [0.15, 0.2) is 59.5 Å². The highest BCUT2D eigenvalue weighted by Crippen LogP contribution is 2.38. The molecule has 164 valence electrons. The number of amides is 1. The van der Waals surface area contributed by atoms with Crippen LogP contribution in [0.3, 0.4) is 0 Å². The maximum Gasteiger partial charge on any atom is 0.313 e. The number of carbonyl (C=O) groups is 2. The third-order valence-electron chi connectivity index (χ3n) is 4.96. The Morgan fingerprint density at radius 3 is 2.61 bits per heavy atom. The first-order valence-electron chi connectivity index (χ1n) is 9.36. The fraction of sp³-hybridized carbons (Fsp3) is 0.273. The smallest absolute Gasteiger partial charge is 0.313 e. The number of ether oxygens (including phenoxy) is 1. The molecule has 1 aliphatic rings. The summed E-state index contributed by atoms with van der Waals surface area (Å²) in [5.41, 5.74) is 0.575. The minimum atomic E-state index is -2.65. The van der Waals surface area contributed by atoms with E-state index in [2.05, 4.69) is 5.32 Å². The molecule has 0 saturated carbocycles. The van der Waals surface area contributed by atoms with Crippen molar-refractivity contribution in [3.8, 4) is 0 Å². The van der Waals surface area contributed by atoms with Crippen LogP contribution in [-0.2, 0) is 9.53 Å². The predicted molar refractivity (Wildman–Crippen MR) is 113 cm³/mol. The standard InChI is InChI=1S/C22H19ClF3NO3S/c1-30-21(29)19(15-9-7-13(24)11-17(15)23)12-6-8-14(10-12)27-20(28)16-4-2-3-5-18(16)31-22(25)26/h2-9,11-12,14,19,22H,10H2,1H3,(H,27,28)/t12-,14-,19+/m1/s1. The molecule has 0 fully saturated rings. The molecule has 0 aliphatic heterocycles. The van der Waals surface area contributed by atoms with Crippen LogP contribution in [0, 0.1) is 11.7 Å². The van der Waals surface area contributed by atoms with Gasteiger partial charge in [-0.05, 0) is 42.2 Å². The fourth-order valence-corrected chi connectivity index (χ4v) is 4.52. The van der Waals surface area contributed by atoms with Gasteiger partial charge in [0.1, 0.15) is 5.82 Å². The van der Waals surface area contributed by atoms with Gasteiger partial charge in [-0.3, -0.25) is 9.59 Å². The lowest BCUT2D eigenvalue weighted by Crippen LogP contribution is -2.34. The van der Waals surface area contributed by atoms with Crippen LogP contribution >= 0.6 is 23.4 Å². The number of esters is 1. The first-order chi connectivity index (χ1) is 14.8. The Morgan fingerprint density at radius 1 is 1.19 bits per heavy atom. The molecule has 0 radical (unpaired) electrons. The normalized spacial score (nSPS) is 18.8. The van der Waals surface area contributed by atoms with E-state index in [0.29, 0.717) is 23.7 Å². The highest BCUT2D eigenvalue weighted by Gasteiger charge is 2.35. The van der Waals surface area contributed by atoms with E-state index < -0.39 is 35.4 Å². The van der Waals surface area contributed by atoms with E-state index in [1.54, 1.807) is 24.3 Å². The third-order valence-corrected chi connectivity index (χ3v) is 6.08. The Kier molecular flexibility index (Phi) is 7.67. The summed E-state index contributed by atoms with van der Waals surface area (Å²) < 4.78 is 43.9. The van der Waals surface area contributed by atoms with E-state index in [9.17, 15) is 22.8 Å². The number of alkyl halides is 2. The van der Waals surface area contributed by atoms with Gasteiger partial charge in [-0.15, -0.1) is 0 Å². The van der Waals surface area contributed by atoms with Crippen LogP contribution in [0.2, 0.25) is 5.02 Å². The number of carbonyl (C=O) groups excluding carboxylic acids is 2. The first-order valence-corrected chi connectivity index (χ1v) is 10.6. The summed E-state index contributed by atoms with van der Waals surface area (Å²) in [7, 11) is 1.25. The first kappa shape index (κ1) is 23.2. The van der Waals surface area contributed by atoms with Crippen molar-refractivity contribution >= 4 is 35.2 Å². The fourth-order valence-electron chi connectivity index (χ4n) is 3.59. The number of benzene rings is 2. The molecule has 1 amide bonds. The number of rotatable bonds is 7. The lowest BCUT2D eigenvalue weighted by atomic mass is 9.85. The molecular weight excluding hydrogens is 451 g/mol. The average Bonchev–Trinajstić information content (AvgIpc) is 3.17. The third kappa shape index (κ3) is 5.62. The minimum absolute atomic E-state index is 0.106. The minimum Gasteiger partial charge on any atom is -0.469 e. The molecule has 0 unspecified atom stereocenters. The molecule has 3 rings (SSSR count). The molecule has 0 spiro atoms. The molecule has 1 N–H and O–H groups in total. The Morgan fingerprint density at radius 2 is 1.94 bits per heavy atom. The summed E-state index contributed by atoms with van der Waals surface area (Å²) in [6, 6.07) is 9.48. The van der Waals surface area contributed by atoms with E-state index in [4.69, 9.17) is 16.3 Å². The molecule has 0 saturated heterocycles. The molecule has 2 aromatic carbocycles. The molecule has 3 atom stereocenters. The number of methoxy groups -OCH3 is 1. The van der Waals surface area contributed by atoms with Crippen molar-refractivity contribution in [3.05, 3.63) is 76.6 Å². The topological polar surface area (TPSA) is 55.4 Å². The van der Waals surface area contributed by atoms with Gasteiger partial charge in [0.2, 0.25) is 0 Å². The van der Waals surface area contributed by atoms with Crippen LogP contribution in [0.4, 0.5) is 13.2 Å². The zero-order valence-electron chi connectivity index (χ0n) is 16.4. The predicted octanol–water partition coefficient (Wildman–Crippen LogP) is 5.43. The Hall–Kier alpha value is -2.45. The van der Waals surface area contributed by atoms with Crippen molar-refractivity contribution in [2.24, 2.45) is 5.92 Å². The number of hydrogen-bond acceptors (Lipinski definition) is 4. The van der Waals surface area contributed by atoms with Gasteiger partial charge in [0.15, 0.2) is 0 Å². The van der Waals surface area contributed by atoms with Gasteiger partial charge in [0, 0.05) is 16.0 Å². The molecule has 0 heterocycles. The molecule has 0 aromatic heterocycles.